The van der Waals surface area contributed by atoms with Crippen molar-refractivity contribution in [3.8, 4) is 0 Å². The monoisotopic (exact) mass is 221 g/mol. The fourth-order valence-corrected chi connectivity index (χ4v) is 2.52. The maximum absolute atomic E-state index is 12.4. The van der Waals surface area contributed by atoms with Crippen LogP contribution in [0.3, 0.4) is 0 Å². The van der Waals surface area contributed by atoms with Gasteiger partial charge in [0.1, 0.15) is 0 Å². The van der Waals surface area contributed by atoms with Gasteiger partial charge < -0.3 is 5.73 Å². The summed E-state index contributed by atoms with van der Waals surface area (Å²) < 4.78 is 0. The number of allylic oxidation sites excluding steroid dienone is 4. The van der Waals surface area contributed by atoms with Crippen LogP contribution in [-0.4, -0.2) is 5.78 Å². The summed E-state index contributed by atoms with van der Waals surface area (Å²) in [4.78, 5) is 12.4. The third kappa shape index (κ3) is 2.37. The van der Waals surface area contributed by atoms with Crippen LogP contribution in [0.15, 0.2) is 22.9 Å². The molecule has 90 valence electrons. The maximum atomic E-state index is 12.4. The summed E-state index contributed by atoms with van der Waals surface area (Å²) in [5.41, 5.74) is 8.31. The summed E-state index contributed by atoms with van der Waals surface area (Å²) in [6, 6.07) is 0. The van der Waals surface area contributed by atoms with Crippen molar-refractivity contribution in [1.29, 1.82) is 0 Å². The Morgan fingerprint density at radius 1 is 1.44 bits per heavy atom. The van der Waals surface area contributed by atoms with Crippen LogP contribution in [0.5, 0.6) is 0 Å². The van der Waals surface area contributed by atoms with Crippen molar-refractivity contribution in [2.75, 3.05) is 0 Å². The molecule has 0 bridgehead atoms. The second-order valence-corrected chi connectivity index (χ2v) is 5.58. The molecule has 1 atom stereocenters. The lowest BCUT2D eigenvalue weighted by Crippen LogP contribution is -2.35. The lowest BCUT2D eigenvalue weighted by molar-refractivity contribution is -0.121. The Hall–Kier alpha value is -1.05. The number of Topliss-reactive ketones (excluding diaryl/α,β-unsaturated/α-hetero) is 1. The molecule has 16 heavy (non-hydrogen) atoms. The van der Waals surface area contributed by atoms with E-state index in [1.54, 1.807) is 6.92 Å². The van der Waals surface area contributed by atoms with Gasteiger partial charge in [-0.05, 0) is 39.0 Å². The molecule has 1 rings (SSSR count). The minimum absolute atomic E-state index is 0.000231. The summed E-state index contributed by atoms with van der Waals surface area (Å²) in [6.45, 7) is 10.0. The van der Waals surface area contributed by atoms with Gasteiger partial charge in [0.05, 0.1) is 0 Å². The van der Waals surface area contributed by atoms with Gasteiger partial charge in [0.15, 0.2) is 5.78 Å². The average molecular weight is 221 g/mol. The number of nitrogens with two attached hydrogens (primary N) is 1. The molecular weight excluding hydrogens is 198 g/mol. The molecule has 0 radical (unpaired) electrons. The molecule has 0 saturated heterocycles. The van der Waals surface area contributed by atoms with E-state index in [4.69, 9.17) is 5.73 Å². The molecule has 1 aliphatic carbocycles. The first-order valence-corrected chi connectivity index (χ1v) is 5.91. The Morgan fingerprint density at radius 3 is 2.44 bits per heavy atom. The van der Waals surface area contributed by atoms with Gasteiger partial charge in [0, 0.05) is 17.2 Å². The third-order valence-electron chi connectivity index (χ3n) is 3.72. The molecule has 2 heteroatoms. The third-order valence-corrected chi connectivity index (χ3v) is 3.72. The Kier molecular flexibility index (Phi) is 3.61. The van der Waals surface area contributed by atoms with E-state index >= 15 is 0 Å². The van der Waals surface area contributed by atoms with Gasteiger partial charge in [-0.3, -0.25) is 4.79 Å². The van der Waals surface area contributed by atoms with Gasteiger partial charge in [-0.25, -0.2) is 0 Å². The Morgan fingerprint density at radius 2 is 2.00 bits per heavy atom. The number of carbonyl (C=O) groups is 1. The van der Waals surface area contributed by atoms with E-state index in [0.29, 0.717) is 11.3 Å². The Labute approximate surface area is 98.6 Å². The van der Waals surface area contributed by atoms with Crippen LogP contribution in [0.25, 0.3) is 0 Å². The van der Waals surface area contributed by atoms with Gasteiger partial charge in [-0.15, -0.1) is 0 Å². The predicted molar refractivity (Wildman–Crippen MR) is 67.8 cm³/mol. The van der Waals surface area contributed by atoms with Crippen molar-refractivity contribution in [2.24, 2.45) is 17.1 Å². The van der Waals surface area contributed by atoms with Gasteiger partial charge in [-0.1, -0.05) is 25.5 Å². The normalized spacial score (nSPS) is 25.8. The highest BCUT2D eigenvalue weighted by atomic mass is 16.1. The van der Waals surface area contributed by atoms with Crippen molar-refractivity contribution in [3.05, 3.63) is 22.9 Å². The first-order chi connectivity index (χ1) is 7.27. The van der Waals surface area contributed by atoms with Crippen LogP contribution >= 0.6 is 0 Å². The smallest absolute Gasteiger partial charge is 0.167 e. The topological polar surface area (TPSA) is 43.1 Å². The van der Waals surface area contributed by atoms with Crippen molar-refractivity contribution in [1.82, 2.24) is 0 Å². The molecule has 0 aromatic carbocycles. The summed E-state index contributed by atoms with van der Waals surface area (Å²) in [7, 11) is 0. The second-order valence-electron chi connectivity index (χ2n) is 5.58. The molecule has 2 nitrogen and oxygen atoms in total. The second kappa shape index (κ2) is 4.44. The highest BCUT2D eigenvalue weighted by molar-refractivity contribution is 5.99. The van der Waals surface area contributed by atoms with E-state index in [1.807, 2.05) is 6.92 Å². The van der Waals surface area contributed by atoms with E-state index < -0.39 is 0 Å². The number of hydrogen-bond donors (Lipinski definition) is 1. The zero-order chi connectivity index (χ0) is 12.5. The van der Waals surface area contributed by atoms with Crippen LogP contribution in [0.4, 0.5) is 0 Å². The minimum atomic E-state index is -0.000231. The highest BCUT2D eigenvalue weighted by Crippen LogP contribution is 2.42. The molecule has 0 saturated carbocycles. The molecular formula is C14H23NO. The van der Waals surface area contributed by atoms with Crippen LogP contribution in [0.1, 0.15) is 47.5 Å². The van der Waals surface area contributed by atoms with Crippen molar-refractivity contribution < 1.29 is 4.79 Å². The van der Waals surface area contributed by atoms with E-state index in [2.05, 4.69) is 26.8 Å². The van der Waals surface area contributed by atoms with Crippen LogP contribution in [0.2, 0.25) is 0 Å². The molecule has 0 heterocycles. The molecule has 0 spiro atoms. The first kappa shape index (κ1) is 13.0. The standard InChI is InChI=1S/C14H23NO/c1-9-7-6-8-14(4,5)12(9)13(16)10(2)11(3)15/h7,12H,6,8,15H2,1-5H3/b11-10-. The molecule has 0 aliphatic heterocycles. The van der Waals surface area contributed by atoms with Crippen LogP contribution < -0.4 is 5.73 Å². The zero-order valence-corrected chi connectivity index (χ0v) is 11.1. The lowest BCUT2D eigenvalue weighted by Gasteiger charge is -2.37. The van der Waals surface area contributed by atoms with E-state index in [1.165, 1.54) is 5.57 Å². The lowest BCUT2D eigenvalue weighted by atomic mass is 9.66. The van der Waals surface area contributed by atoms with Crippen molar-refractivity contribution in [3.63, 3.8) is 0 Å². The van der Waals surface area contributed by atoms with Crippen LogP contribution in [-0.2, 0) is 4.79 Å². The maximum Gasteiger partial charge on any atom is 0.167 e. The summed E-state index contributed by atoms with van der Waals surface area (Å²) >= 11 is 0. The number of rotatable bonds is 2. The predicted octanol–water partition coefficient (Wildman–Crippen LogP) is 3.19. The van der Waals surface area contributed by atoms with E-state index in [-0.39, 0.29) is 17.1 Å². The quantitative estimate of drug-likeness (QED) is 0.575. The summed E-state index contributed by atoms with van der Waals surface area (Å²) in [6.07, 6.45) is 4.33. The van der Waals surface area contributed by atoms with Gasteiger partial charge in [0.25, 0.3) is 0 Å². The fraction of sp³-hybridized carbons (Fsp3) is 0.643. The van der Waals surface area contributed by atoms with Crippen molar-refractivity contribution in [2.45, 2.75) is 47.5 Å². The number of hydrogen-bond acceptors (Lipinski definition) is 2. The minimum Gasteiger partial charge on any atom is -0.402 e. The van der Waals surface area contributed by atoms with Gasteiger partial charge in [0.2, 0.25) is 0 Å². The zero-order valence-electron chi connectivity index (χ0n) is 11.1. The molecule has 1 unspecified atom stereocenters. The fourth-order valence-electron chi connectivity index (χ4n) is 2.52. The van der Waals surface area contributed by atoms with Crippen LogP contribution in [0, 0.1) is 11.3 Å². The molecule has 0 amide bonds. The average Bonchev–Trinajstić information content (AvgIpc) is 2.14. The molecule has 0 aromatic heterocycles. The Balaban J connectivity index is 3.11. The number of carbonyl (C=O) groups excluding carboxylic acids is 1. The van der Waals surface area contributed by atoms with E-state index in [9.17, 15) is 4.79 Å². The SMILES string of the molecule is CC1=CCCC(C)(C)C1C(=O)/C(C)=C(/C)N. The largest absolute Gasteiger partial charge is 0.402 e. The molecule has 0 fully saturated rings. The Bertz CT molecular complexity index is 357. The van der Waals surface area contributed by atoms with Gasteiger partial charge in [-0.2, -0.15) is 0 Å². The number of ketones is 1. The molecule has 2 N–H and O–H groups in total. The van der Waals surface area contributed by atoms with E-state index in [0.717, 1.165) is 12.8 Å². The van der Waals surface area contributed by atoms with Crippen molar-refractivity contribution >= 4 is 5.78 Å². The molecule has 1 aliphatic rings. The first-order valence-electron chi connectivity index (χ1n) is 5.91. The molecule has 0 aromatic rings. The van der Waals surface area contributed by atoms with Gasteiger partial charge >= 0.3 is 0 Å². The highest BCUT2D eigenvalue weighted by Gasteiger charge is 2.38. The summed E-state index contributed by atoms with van der Waals surface area (Å²) in [5.74, 6) is 0.193. The summed E-state index contributed by atoms with van der Waals surface area (Å²) in [5, 5.41) is 0.